The van der Waals surface area contributed by atoms with Crippen molar-refractivity contribution in [2.24, 2.45) is 0 Å². The Balaban J connectivity index is 2.08. The SMILES string of the molecule is CCN(CC1CCCO1)C(=O)c1ccc(O)c(C)c1. The van der Waals surface area contributed by atoms with E-state index in [1.165, 1.54) is 0 Å². The molecule has 1 unspecified atom stereocenters. The van der Waals surface area contributed by atoms with Crippen LogP contribution in [0.15, 0.2) is 18.2 Å². The quantitative estimate of drug-likeness (QED) is 0.907. The zero-order valence-electron chi connectivity index (χ0n) is 11.6. The Morgan fingerprint density at radius 2 is 2.32 bits per heavy atom. The molecule has 19 heavy (non-hydrogen) atoms. The van der Waals surface area contributed by atoms with Gasteiger partial charge in [-0.05, 0) is 50.5 Å². The van der Waals surface area contributed by atoms with Crippen molar-refractivity contribution in [2.75, 3.05) is 19.7 Å². The van der Waals surface area contributed by atoms with Gasteiger partial charge >= 0.3 is 0 Å². The fourth-order valence-electron chi connectivity index (χ4n) is 2.36. The number of aryl methyl sites for hydroxylation is 1. The normalized spacial score (nSPS) is 18.5. The Bertz CT molecular complexity index is 453. The molecule has 0 aliphatic carbocycles. The van der Waals surface area contributed by atoms with Gasteiger partial charge in [-0.1, -0.05) is 0 Å². The Hall–Kier alpha value is -1.55. The Morgan fingerprint density at radius 1 is 1.53 bits per heavy atom. The van der Waals surface area contributed by atoms with Crippen LogP contribution in [0.3, 0.4) is 0 Å². The number of carbonyl (C=O) groups is 1. The standard InChI is InChI=1S/C15H21NO3/c1-3-16(10-13-5-4-8-19-13)15(18)12-6-7-14(17)11(2)9-12/h6-7,9,13,17H,3-5,8,10H2,1-2H3. The first-order valence-corrected chi connectivity index (χ1v) is 6.82. The molecule has 0 bridgehead atoms. The van der Waals surface area contributed by atoms with Crippen LogP contribution in [0.25, 0.3) is 0 Å². The highest BCUT2D eigenvalue weighted by Crippen LogP contribution is 2.19. The number of benzene rings is 1. The zero-order valence-corrected chi connectivity index (χ0v) is 11.6. The van der Waals surface area contributed by atoms with Crippen LogP contribution in [0.2, 0.25) is 0 Å². The van der Waals surface area contributed by atoms with Crippen molar-refractivity contribution in [1.29, 1.82) is 0 Å². The minimum atomic E-state index is 0.00102. The van der Waals surface area contributed by atoms with E-state index in [0.29, 0.717) is 18.7 Å². The molecule has 1 atom stereocenters. The zero-order chi connectivity index (χ0) is 13.8. The number of ether oxygens (including phenoxy) is 1. The van der Waals surface area contributed by atoms with Crippen LogP contribution >= 0.6 is 0 Å². The first kappa shape index (κ1) is 13.9. The van der Waals surface area contributed by atoms with Gasteiger partial charge < -0.3 is 14.7 Å². The van der Waals surface area contributed by atoms with Gasteiger partial charge in [-0.3, -0.25) is 4.79 Å². The number of hydrogen-bond donors (Lipinski definition) is 1. The lowest BCUT2D eigenvalue weighted by Gasteiger charge is -2.24. The average Bonchev–Trinajstić information content (AvgIpc) is 2.91. The van der Waals surface area contributed by atoms with E-state index in [1.54, 1.807) is 25.1 Å². The molecule has 4 nitrogen and oxygen atoms in total. The molecule has 4 heteroatoms. The fourth-order valence-corrected chi connectivity index (χ4v) is 2.36. The van der Waals surface area contributed by atoms with Crippen LogP contribution in [-0.2, 0) is 4.74 Å². The number of amides is 1. The first-order chi connectivity index (χ1) is 9.11. The smallest absolute Gasteiger partial charge is 0.253 e. The van der Waals surface area contributed by atoms with Crippen molar-refractivity contribution in [2.45, 2.75) is 32.8 Å². The number of likely N-dealkylation sites (N-methyl/N-ethyl adjacent to an activating group) is 1. The summed E-state index contributed by atoms with van der Waals surface area (Å²) in [6.07, 6.45) is 2.27. The molecule has 1 aromatic rings. The molecule has 1 heterocycles. The van der Waals surface area contributed by atoms with Crippen molar-refractivity contribution < 1.29 is 14.6 Å². The average molecular weight is 263 g/mol. The number of hydrogen-bond acceptors (Lipinski definition) is 3. The summed E-state index contributed by atoms with van der Waals surface area (Å²) >= 11 is 0. The number of phenols is 1. The number of aromatic hydroxyl groups is 1. The molecule has 1 aromatic carbocycles. The van der Waals surface area contributed by atoms with E-state index in [-0.39, 0.29) is 17.8 Å². The predicted molar refractivity (Wildman–Crippen MR) is 73.4 cm³/mol. The van der Waals surface area contributed by atoms with Gasteiger partial charge in [0.1, 0.15) is 5.75 Å². The van der Waals surface area contributed by atoms with E-state index in [1.807, 2.05) is 11.8 Å². The number of phenolic OH excluding ortho intramolecular Hbond substituents is 1. The topological polar surface area (TPSA) is 49.8 Å². The van der Waals surface area contributed by atoms with E-state index >= 15 is 0 Å². The highest BCUT2D eigenvalue weighted by molar-refractivity contribution is 5.94. The van der Waals surface area contributed by atoms with Gasteiger partial charge in [0.2, 0.25) is 0 Å². The van der Waals surface area contributed by atoms with Crippen LogP contribution in [0.5, 0.6) is 5.75 Å². The molecule has 1 aliphatic heterocycles. The third-order valence-corrected chi connectivity index (χ3v) is 3.56. The van der Waals surface area contributed by atoms with Gasteiger partial charge in [0, 0.05) is 25.3 Å². The first-order valence-electron chi connectivity index (χ1n) is 6.82. The van der Waals surface area contributed by atoms with Crippen molar-refractivity contribution in [1.82, 2.24) is 4.90 Å². The van der Waals surface area contributed by atoms with Crippen LogP contribution in [0.4, 0.5) is 0 Å². The third-order valence-electron chi connectivity index (χ3n) is 3.56. The van der Waals surface area contributed by atoms with Crippen LogP contribution in [-0.4, -0.2) is 41.7 Å². The summed E-state index contributed by atoms with van der Waals surface area (Å²) in [6.45, 7) is 5.88. The Kier molecular flexibility index (Phi) is 4.43. The molecule has 104 valence electrons. The van der Waals surface area contributed by atoms with Gasteiger partial charge in [0.05, 0.1) is 6.10 Å². The maximum atomic E-state index is 12.4. The molecule has 2 rings (SSSR count). The lowest BCUT2D eigenvalue weighted by atomic mass is 10.1. The summed E-state index contributed by atoms with van der Waals surface area (Å²) in [4.78, 5) is 14.2. The van der Waals surface area contributed by atoms with E-state index in [0.717, 1.165) is 25.0 Å². The molecule has 0 aromatic heterocycles. The summed E-state index contributed by atoms with van der Waals surface area (Å²) in [5, 5.41) is 9.51. The van der Waals surface area contributed by atoms with E-state index in [2.05, 4.69) is 0 Å². The predicted octanol–water partition coefficient (Wildman–Crippen LogP) is 2.34. The second kappa shape index (κ2) is 6.06. The van der Waals surface area contributed by atoms with Crippen molar-refractivity contribution >= 4 is 5.91 Å². The van der Waals surface area contributed by atoms with Gasteiger partial charge in [-0.2, -0.15) is 0 Å². The largest absolute Gasteiger partial charge is 0.508 e. The maximum absolute atomic E-state index is 12.4. The summed E-state index contributed by atoms with van der Waals surface area (Å²) in [6, 6.07) is 4.97. The molecule has 1 aliphatic rings. The Morgan fingerprint density at radius 3 is 2.89 bits per heavy atom. The summed E-state index contributed by atoms with van der Waals surface area (Å²) in [7, 11) is 0. The minimum Gasteiger partial charge on any atom is -0.508 e. The van der Waals surface area contributed by atoms with Crippen LogP contribution in [0, 0.1) is 6.92 Å². The van der Waals surface area contributed by atoms with Crippen LogP contribution in [0.1, 0.15) is 35.7 Å². The number of rotatable bonds is 4. The van der Waals surface area contributed by atoms with E-state index in [9.17, 15) is 9.90 Å². The summed E-state index contributed by atoms with van der Waals surface area (Å²) < 4.78 is 5.58. The second-order valence-electron chi connectivity index (χ2n) is 4.98. The van der Waals surface area contributed by atoms with E-state index in [4.69, 9.17) is 4.74 Å². The van der Waals surface area contributed by atoms with Gasteiger partial charge in [0.25, 0.3) is 5.91 Å². The van der Waals surface area contributed by atoms with Crippen LogP contribution < -0.4 is 0 Å². The highest BCUT2D eigenvalue weighted by Gasteiger charge is 2.22. The molecule has 1 fully saturated rings. The van der Waals surface area contributed by atoms with Gasteiger partial charge in [0.15, 0.2) is 0 Å². The monoisotopic (exact) mass is 263 g/mol. The second-order valence-corrected chi connectivity index (χ2v) is 4.98. The molecule has 0 spiro atoms. The summed E-state index contributed by atoms with van der Waals surface area (Å²) in [5.74, 6) is 0.222. The minimum absolute atomic E-state index is 0.00102. The van der Waals surface area contributed by atoms with Crippen molar-refractivity contribution in [3.05, 3.63) is 29.3 Å². The fraction of sp³-hybridized carbons (Fsp3) is 0.533. The highest BCUT2D eigenvalue weighted by atomic mass is 16.5. The van der Waals surface area contributed by atoms with Crippen molar-refractivity contribution in [3.8, 4) is 5.75 Å². The molecule has 0 radical (unpaired) electrons. The molecule has 1 saturated heterocycles. The van der Waals surface area contributed by atoms with Crippen molar-refractivity contribution in [3.63, 3.8) is 0 Å². The molecular formula is C15H21NO3. The lowest BCUT2D eigenvalue weighted by Crippen LogP contribution is -2.37. The Labute approximate surface area is 114 Å². The molecule has 1 N–H and O–H groups in total. The number of carbonyl (C=O) groups excluding carboxylic acids is 1. The van der Waals surface area contributed by atoms with Gasteiger partial charge in [-0.15, -0.1) is 0 Å². The summed E-state index contributed by atoms with van der Waals surface area (Å²) in [5.41, 5.74) is 1.34. The lowest BCUT2D eigenvalue weighted by molar-refractivity contribution is 0.0539. The number of nitrogens with zero attached hydrogens (tertiary/aromatic N) is 1. The maximum Gasteiger partial charge on any atom is 0.253 e. The molecule has 0 saturated carbocycles. The molecule has 1 amide bonds. The van der Waals surface area contributed by atoms with E-state index < -0.39 is 0 Å². The molecular weight excluding hydrogens is 242 g/mol. The van der Waals surface area contributed by atoms with Gasteiger partial charge in [-0.25, -0.2) is 0 Å². The third kappa shape index (κ3) is 3.26.